The number of fused-ring (bicyclic) bond motifs is 1. The van der Waals surface area contributed by atoms with Crippen LogP contribution in [0.25, 0.3) is 5.78 Å². The predicted molar refractivity (Wildman–Crippen MR) is 90.5 cm³/mol. The first-order valence-electron chi connectivity index (χ1n) is 7.55. The Morgan fingerprint density at radius 1 is 1.25 bits per heavy atom. The van der Waals surface area contributed by atoms with Crippen molar-refractivity contribution in [1.82, 2.24) is 14.4 Å². The molecule has 6 nitrogen and oxygen atoms in total. The minimum atomic E-state index is -0.473. The van der Waals surface area contributed by atoms with Gasteiger partial charge in [-0.25, -0.2) is 14.4 Å². The Balaban J connectivity index is 1.78. The van der Waals surface area contributed by atoms with E-state index in [1.165, 1.54) is 13.0 Å². The lowest BCUT2D eigenvalue weighted by molar-refractivity contribution is -0.114. The molecule has 2 N–H and O–H groups in total. The molecule has 0 radical (unpaired) electrons. The highest BCUT2D eigenvalue weighted by Crippen LogP contribution is 2.20. The monoisotopic (exact) mass is 327 g/mol. The van der Waals surface area contributed by atoms with Crippen LogP contribution in [0.5, 0.6) is 0 Å². The number of halogens is 1. The summed E-state index contributed by atoms with van der Waals surface area (Å²) in [5.41, 5.74) is 3.64. The van der Waals surface area contributed by atoms with Crippen LogP contribution in [0.4, 0.5) is 15.8 Å². The minimum Gasteiger partial charge on any atom is -0.379 e. The average Bonchev–Trinajstić information content (AvgIpc) is 2.91. The number of aromatic nitrogens is 3. The molecule has 0 bridgehead atoms. The van der Waals surface area contributed by atoms with Crippen LogP contribution >= 0.6 is 0 Å². The van der Waals surface area contributed by atoms with Gasteiger partial charge in [0.05, 0.1) is 17.9 Å². The summed E-state index contributed by atoms with van der Waals surface area (Å²) in [6.07, 6.45) is 1.92. The molecule has 0 fully saturated rings. The molecule has 0 aliphatic carbocycles. The average molecular weight is 327 g/mol. The summed E-state index contributed by atoms with van der Waals surface area (Å²) in [6.45, 7) is 5.74. The fourth-order valence-electron chi connectivity index (χ4n) is 2.52. The zero-order chi connectivity index (χ0) is 17.3. The van der Waals surface area contributed by atoms with Gasteiger partial charge >= 0.3 is 0 Å². The number of hydrogen-bond donors (Lipinski definition) is 2. The van der Waals surface area contributed by atoms with Crippen LogP contribution in [-0.2, 0) is 11.3 Å². The maximum atomic E-state index is 13.6. The standard InChI is InChI=1S/C17H18FN5O/c1-10-6-11(2)23-9-14(22-17(23)20-10)8-19-13-4-5-15(18)16(7-13)21-12(3)24/h4-7,9,19H,8H2,1-3H3,(H,21,24). The largest absolute Gasteiger partial charge is 0.379 e. The van der Waals surface area contributed by atoms with E-state index in [2.05, 4.69) is 20.6 Å². The summed E-state index contributed by atoms with van der Waals surface area (Å²) < 4.78 is 15.6. The summed E-state index contributed by atoms with van der Waals surface area (Å²) in [4.78, 5) is 20.0. The fraction of sp³-hybridized carbons (Fsp3) is 0.235. The molecule has 2 heterocycles. The summed E-state index contributed by atoms with van der Waals surface area (Å²) >= 11 is 0. The van der Waals surface area contributed by atoms with Crippen LogP contribution in [0, 0.1) is 19.7 Å². The first kappa shape index (κ1) is 15.9. The van der Waals surface area contributed by atoms with E-state index < -0.39 is 5.82 Å². The predicted octanol–water partition coefficient (Wildman–Crippen LogP) is 3.06. The number of hydrogen-bond acceptors (Lipinski definition) is 4. The zero-order valence-corrected chi connectivity index (χ0v) is 13.7. The third-order valence-electron chi connectivity index (χ3n) is 3.56. The highest BCUT2D eigenvalue weighted by Gasteiger charge is 2.08. The van der Waals surface area contributed by atoms with Crippen LogP contribution in [0.3, 0.4) is 0 Å². The zero-order valence-electron chi connectivity index (χ0n) is 13.7. The quantitative estimate of drug-likeness (QED) is 0.772. The smallest absolute Gasteiger partial charge is 0.234 e. The Hall–Kier alpha value is -2.96. The molecule has 0 unspecified atom stereocenters. The Morgan fingerprint density at radius 3 is 2.79 bits per heavy atom. The number of rotatable bonds is 4. The number of aryl methyl sites for hydroxylation is 2. The minimum absolute atomic E-state index is 0.149. The van der Waals surface area contributed by atoms with Gasteiger partial charge in [-0.3, -0.25) is 9.20 Å². The van der Waals surface area contributed by atoms with E-state index in [0.717, 1.165) is 17.1 Å². The number of nitrogens with zero attached hydrogens (tertiary/aromatic N) is 3. The van der Waals surface area contributed by atoms with Crippen molar-refractivity contribution in [3.8, 4) is 0 Å². The molecule has 0 aliphatic heterocycles. The third kappa shape index (κ3) is 3.34. The molecule has 0 saturated carbocycles. The molecule has 2 aromatic heterocycles. The topological polar surface area (TPSA) is 71.3 Å². The fourth-order valence-corrected chi connectivity index (χ4v) is 2.52. The molecule has 124 valence electrons. The van der Waals surface area contributed by atoms with Gasteiger partial charge in [0.15, 0.2) is 0 Å². The van der Waals surface area contributed by atoms with Crippen molar-refractivity contribution in [1.29, 1.82) is 0 Å². The lowest BCUT2D eigenvalue weighted by Crippen LogP contribution is -2.08. The van der Waals surface area contributed by atoms with E-state index >= 15 is 0 Å². The summed E-state index contributed by atoms with van der Waals surface area (Å²) in [5, 5.41) is 5.64. The lowest BCUT2D eigenvalue weighted by atomic mass is 10.2. The Bertz CT molecular complexity index is 919. The molecule has 24 heavy (non-hydrogen) atoms. The third-order valence-corrected chi connectivity index (χ3v) is 3.56. The second-order valence-electron chi connectivity index (χ2n) is 5.67. The highest BCUT2D eigenvalue weighted by molar-refractivity contribution is 5.89. The first-order valence-corrected chi connectivity index (χ1v) is 7.55. The molecule has 3 rings (SSSR count). The normalized spacial score (nSPS) is 10.8. The molecule has 0 saturated heterocycles. The maximum absolute atomic E-state index is 13.6. The van der Waals surface area contributed by atoms with E-state index in [4.69, 9.17) is 0 Å². The van der Waals surface area contributed by atoms with Crippen molar-refractivity contribution < 1.29 is 9.18 Å². The molecule has 0 aliphatic rings. The van der Waals surface area contributed by atoms with Crippen molar-refractivity contribution in [3.05, 3.63) is 53.4 Å². The van der Waals surface area contributed by atoms with Crippen molar-refractivity contribution in [2.45, 2.75) is 27.3 Å². The second kappa shape index (κ2) is 6.27. The van der Waals surface area contributed by atoms with Crippen molar-refractivity contribution in [2.24, 2.45) is 0 Å². The van der Waals surface area contributed by atoms with Crippen molar-refractivity contribution >= 4 is 23.1 Å². The van der Waals surface area contributed by atoms with E-state index in [9.17, 15) is 9.18 Å². The Labute approximate surface area is 138 Å². The molecule has 1 aromatic carbocycles. The number of nitrogens with one attached hydrogen (secondary N) is 2. The summed E-state index contributed by atoms with van der Waals surface area (Å²) in [7, 11) is 0. The number of carbonyl (C=O) groups is 1. The van der Waals surface area contributed by atoms with Crippen LogP contribution in [0.15, 0.2) is 30.5 Å². The Morgan fingerprint density at radius 2 is 2.04 bits per heavy atom. The number of amides is 1. The van der Waals surface area contributed by atoms with E-state index in [0.29, 0.717) is 18.0 Å². The summed E-state index contributed by atoms with van der Waals surface area (Å²) in [6, 6.07) is 6.47. The molecule has 3 aromatic rings. The first-order chi connectivity index (χ1) is 11.4. The van der Waals surface area contributed by atoms with Gasteiger partial charge in [0.25, 0.3) is 0 Å². The van der Waals surface area contributed by atoms with Crippen LogP contribution < -0.4 is 10.6 Å². The van der Waals surface area contributed by atoms with Gasteiger partial charge < -0.3 is 10.6 Å². The van der Waals surface area contributed by atoms with Gasteiger partial charge in [0.1, 0.15) is 5.82 Å². The number of carbonyl (C=O) groups excluding carboxylic acids is 1. The molecule has 7 heteroatoms. The summed E-state index contributed by atoms with van der Waals surface area (Å²) in [5.74, 6) is -0.135. The van der Waals surface area contributed by atoms with Crippen molar-refractivity contribution in [3.63, 3.8) is 0 Å². The van der Waals surface area contributed by atoms with Gasteiger partial charge in [0, 0.05) is 30.2 Å². The van der Waals surface area contributed by atoms with Crippen molar-refractivity contribution in [2.75, 3.05) is 10.6 Å². The van der Waals surface area contributed by atoms with Gasteiger partial charge in [0.2, 0.25) is 11.7 Å². The molecule has 0 atom stereocenters. The number of benzene rings is 1. The molecule has 0 spiro atoms. The number of imidazole rings is 1. The van der Waals surface area contributed by atoms with Gasteiger partial charge in [-0.05, 0) is 38.1 Å². The van der Waals surface area contributed by atoms with Crippen LogP contribution in [0.2, 0.25) is 0 Å². The van der Waals surface area contributed by atoms with Gasteiger partial charge in [-0.1, -0.05) is 0 Å². The number of anilines is 2. The molecule has 1 amide bonds. The van der Waals surface area contributed by atoms with Crippen LogP contribution in [0.1, 0.15) is 24.0 Å². The second-order valence-corrected chi connectivity index (χ2v) is 5.67. The van der Waals surface area contributed by atoms with Gasteiger partial charge in [-0.2, -0.15) is 0 Å². The van der Waals surface area contributed by atoms with Gasteiger partial charge in [-0.15, -0.1) is 0 Å². The molecular formula is C17H18FN5O. The highest BCUT2D eigenvalue weighted by atomic mass is 19.1. The van der Waals surface area contributed by atoms with E-state index in [-0.39, 0.29) is 11.6 Å². The molecular weight excluding hydrogens is 309 g/mol. The SMILES string of the molecule is CC(=O)Nc1cc(NCc2cn3c(C)cc(C)nc3n2)ccc1F. The lowest BCUT2D eigenvalue weighted by Gasteiger charge is -2.08. The van der Waals surface area contributed by atoms with E-state index in [1.54, 1.807) is 12.1 Å². The Kier molecular flexibility index (Phi) is 4.16. The van der Waals surface area contributed by atoms with E-state index in [1.807, 2.05) is 30.5 Å². The maximum Gasteiger partial charge on any atom is 0.234 e. The van der Waals surface area contributed by atoms with Crippen LogP contribution in [-0.4, -0.2) is 20.3 Å².